The fourth-order valence-corrected chi connectivity index (χ4v) is 4.22. The molecule has 0 unspecified atom stereocenters. The molecule has 0 aromatic rings. The summed E-state index contributed by atoms with van der Waals surface area (Å²) in [6.45, 7) is 11.6. The van der Waals surface area contributed by atoms with Crippen molar-refractivity contribution in [2.75, 3.05) is 0 Å². The summed E-state index contributed by atoms with van der Waals surface area (Å²) in [5.41, 5.74) is 5.53. The Labute approximate surface area is 64.7 Å². The van der Waals surface area contributed by atoms with Gasteiger partial charge in [0.2, 0.25) is 0 Å². The second-order valence-corrected chi connectivity index (χ2v) is 8.28. The average Bonchev–Trinajstić information content (AvgIpc) is 1.95. The van der Waals surface area contributed by atoms with Crippen molar-refractivity contribution in [3.63, 3.8) is 0 Å². The number of allylic oxidation sites excluding steroid dienone is 3. The SMILES string of the molecule is CC1=C[Si](C)(C)C(C)=C1C. The molecule has 56 valence electrons. The van der Waals surface area contributed by atoms with Gasteiger partial charge in [-0.3, -0.25) is 0 Å². The monoisotopic (exact) mass is 152 g/mol. The van der Waals surface area contributed by atoms with Gasteiger partial charge >= 0.3 is 0 Å². The van der Waals surface area contributed by atoms with Gasteiger partial charge in [0.25, 0.3) is 0 Å². The summed E-state index contributed by atoms with van der Waals surface area (Å²) >= 11 is 0. The highest BCUT2D eigenvalue weighted by atomic mass is 28.3. The molecule has 0 bridgehead atoms. The summed E-state index contributed by atoms with van der Waals surface area (Å²) in [6.07, 6.45) is 0. The number of rotatable bonds is 0. The van der Waals surface area contributed by atoms with Crippen LogP contribution in [0, 0.1) is 0 Å². The molecule has 0 aromatic heterocycles. The van der Waals surface area contributed by atoms with Gasteiger partial charge in [-0.25, -0.2) is 0 Å². The highest BCUT2D eigenvalue weighted by molar-refractivity contribution is 6.89. The van der Waals surface area contributed by atoms with E-state index < -0.39 is 8.07 Å². The normalized spacial score (nSPS) is 23.5. The number of hydrogen-bond donors (Lipinski definition) is 0. The Morgan fingerprint density at radius 3 is 1.70 bits per heavy atom. The zero-order valence-electron chi connectivity index (χ0n) is 7.58. The van der Waals surface area contributed by atoms with E-state index in [9.17, 15) is 0 Å². The van der Waals surface area contributed by atoms with Gasteiger partial charge in [0, 0.05) is 0 Å². The van der Waals surface area contributed by atoms with Crippen LogP contribution in [-0.2, 0) is 0 Å². The lowest BCUT2D eigenvalue weighted by Gasteiger charge is -2.14. The van der Waals surface area contributed by atoms with Gasteiger partial charge in [-0.15, -0.1) is 0 Å². The minimum Gasteiger partial charge on any atom is -0.0874 e. The van der Waals surface area contributed by atoms with Gasteiger partial charge in [0.15, 0.2) is 0 Å². The van der Waals surface area contributed by atoms with E-state index in [1.807, 2.05) is 0 Å². The molecule has 10 heavy (non-hydrogen) atoms. The highest BCUT2D eigenvalue weighted by Crippen LogP contribution is 2.31. The fourth-order valence-electron chi connectivity index (χ4n) is 1.54. The van der Waals surface area contributed by atoms with Crippen LogP contribution in [-0.4, -0.2) is 8.07 Å². The van der Waals surface area contributed by atoms with Crippen molar-refractivity contribution in [2.45, 2.75) is 33.9 Å². The second kappa shape index (κ2) is 2.09. The maximum absolute atomic E-state index is 2.48. The largest absolute Gasteiger partial charge is 0.0992 e. The first-order chi connectivity index (χ1) is 4.45. The van der Waals surface area contributed by atoms with Crippen LogP contribution < -0.4 is 0 Å². The first-order valence-electron chi connectivity index (χ1n) is 3.83. The highest BCUT2D eigenvalue weighted by Gasteiger charge is 2.27. The van der Waals surface area contributed by atoms with E-state index in [0.29, 0.717) is 0 Å². The maximum atomic E-state index is 2.48. The fraction of sp³-hybridized carbons (Fsp3) is 0.556. The summed E-state index contributed by atoms with van der Waals surface area (Å²) in [5, 5.41) is 1.66. The van der Waals surface area contributed by atoms with Gasteiger partial charge in [0.05, 0.1) is 8.07 Å². The summed E-state index contributed by atoms with van der Waals surface area (Å²) in [5.74, 6) is 0. The van der Waals surface area contributed by atoms with Crippen molar-refractivity contribution in [1.29, 1.82) is 0 Å². The second-order valence-electron chi connectivity index (χ2n) is 3.80. The molecule has 0 N–H and O–H groups in total. The van der Waals surface area contributed by atoms with Crippen molar-refractivity contribution in [3.8, 4) is 0 Å². The molecule has 1 heterocycles. The lowest BCUT2D eigenvalue weighted by atomic mass is 10.1. The lowest BCUT2D eigenvalue weighted by molar-refractivity contribution is 1.33. The minimum atomic E-state index is -1.05. The summed E-state index contributed by atoms with van der Waals surface area (Å²) in [6, 6.07) is 0. The summed E-state index contributed by atoms with van der Waals surface area (Å²) < 4.78 is 0. The molecule has 0 spiro atoms. The molecular weight excluding hydrogens is 136 g/mol. The first-order valence-corrected chi connectivity index (χ1v) is 6.90. The van der Waals surface area contributed by atoms with E-state index in [2.05, 4.69) is 39.6 Å². The van der Waals surface area contributed by atoms with Gasteiger partial charge in [0.1, 0.15) is 0 Å². The molecule has 0 atom stereocenters. The van der Waals surface area contributed by atoms with Crippen molar-refractivity contribution >= 4 is 8.07 Å². The molecule has 0 fully saturated rings. The molecule has 1 aliphatic heterocycles. The quantitative estimate of drug-likeness (QED) is 0.468. The van der Waals surface area contributed by atoms with Crippen LogP contribution in [0.15, 0.2) is 22.0 Å². The summed E-state index contributed by atoms with van der Waals surface area (Å²) in [7, 11) is -1.05. The van der Waals surface area contributed by atoms with Crippen LogP contribution >= 0.6 is 0 Å². The van der Waals surface area contributed by atoms with Crippen LogP contribution in [0.25, 0.3) is 0 Å². The molecule has 1 aliphatic rings. The standard InChI is InChI=1S/C9H16Si/c1-7-6-10(4,5)9(3)8(7)2/h6H,1-5H3. The average molecular weight is 152 g/mol. The minimum absolute atomic E-state index is 1.05. The van der Waals surface area contributed by atoms with Crippen molar-refractivity contribution in [2.24, 2.45) is 0 Å². The molecule has 0 saturated heterocycles. The predicted molar refractivity (Wildman–Crippen MR) is 49.6 cm³/mol. The maximum Gasteiger partial charge on any atom is 0.0992 e. The molecule has 0 saturated carbocycles. The Morgan fingerprint density at radius 1 is 1.10 bits per heavy atom. The van der Waals surface area contributed by atoms with Crippen molar-refractivity contribution in [1.82, 2.24) is 0 Å². The van der Waals surface area contributed by atoms with Gasteiger partial charge in [-0.2, -0.15) is 0 Å². The zero-order valence-corrected chi connectivity index (χ0v) is 8.58. The van der Waals surface area contributed by atoms with Crippen molar-refractivity contribution < 1.29 is 0 Å². The summed E-state index contributed by atoms with van der Waals surface area (Å²) in [4.78, 5) is 0. The van der Waals surface area contributed by atoms with Crippen LogP contribution in [0.4, 0.5) is 0 Å². The van der Waals surface area contributed by atoms with Crippen molar-refractivity contribution in [3.05, 3.63) is 22.0 Å². The topological polar surface area (TPSA) is 0 Å². The number of hydrogen-bond acceptors (Lipinski definition) is 0. The molecule has 0 amide bonds. The molecule has 0 aliphatic carbocycles. The smallest absolute Gasteiger partial charge is 0.0874 e. The van der Waals surface area contributed by atoms with Gasteiger partial charge in [-0.05, 0) is 20.8 Å². The third-order valence-corrected chi connectivity index (χ3v) is 6.16. The van der Waals surface area contributed by atoms with Crippen LogP contribution in [0.3, 0.4) is 0 Å². The zero-order chi connectivity index (χ0) is 7.94. The van der Waals surface area contributed by atoms with Gasteiger partial charge in [-0.1, -0.05) is 35.1 Å². The van der Waals surface area contributed by atoms with E-state index in [-0.39, 0.29) is 0 Å². The van der Waals surface area contributed by atoms with E-state index >= 15 is 0 Å². The Morgan fingerprint density at radius 2 is 1.60 bits per heavy atom. The Kier molecular flexibility index (Phi) is 1.63. The third kappa shape index (κ3) is 0.987. The molecule has 0 radical (unpaired) electrons. The molecule has 1 heteroatoms. The van der Waals surface area contributed by atoms with E-state index in [4.69, 9.17) is 0 Å². The lowest BCUT2D eigenvalue weighted by Crippen LogP contribution is -2.22. The van der Waals surface area contributed by atoms with E-state index in [0.717, 1.165) is 0 Å². The third-order valence-electron chi connectivity index (χ3n) is 2.70. The Balaban J connectivity index is 3.12. The van der Waals surface area contributed by atoms with Crippen LogP contribution in [0.2, 0.25) is 13.1 Å². The first kappa shape index (κ1) is 7.80. The van der Waals surface area contributed by atoms with E-state index in [1.165, 1.54) is 11.1 Å². The predicted octanol–water partition coefficient (Wildman–Crippen LogP) is 3.07. The van der Waals surface area contributed by atoms with Gasteiger partial charge < -0.3 is 0 Å². The molecule has 0 nitrogen and oxygen atoms in total. The molecular formula is C9H16Si. The van der Waals surface area contributed by atoms with Crippen LogP contribution in [0.5, 0.6) is 0 Å². The molecule has 0 aromatic carbocycles. The Hall–Kier alpha value is -0.303. The molecule has 1 rings (SSSR count). The van der Waals surface area contributed by atoms with E-state index in [1.54, 1.807) is 5.20 Å². The van der Waals surface area contributed by atoms with Crippen LogP contribution in [0.1, 0.15) is 20.8 Å². The Bertz CT molecular complexity index is 219.